The fraction of sp³-hybridized carbons (Fsp3) is 0.320. The smallest absolute Gasteiger partial charge is 0.407 e. The van der Waals surface area contributed by atoms with Crippen molar-refractivity contribution in [3.05, 3.63) is 92.3 Å². The third-order valence-electron chi connectivity index (χ3n) is 6.52. The summed E-state index contributed by atoms with van der Waals surface area (Å²) in [7, 11) is 0. The number of hydrogen-bond acceptors (Lipinski definition) is 6. The topological polar surface area (TPSA) is 123 Å². The first kappa shape index (κ1) is 22.1. The molecule has 2 aromatic carbocycles. The van der Waals surface area contributed by atoms with E-state index in [4.69, 9.17) is 9.47 Å². The number of aliphatic hydroxyl groups excluding tert-OH is 1. The summed E-state index contributed by atoms with van der Waals surface area (Å²) in [5.74, 6) is -0.0675. The van der Waals surface area contributed by atoms with Gasteiger partial charge in [0.05, 0.1) is 12.6 Å². The van der Waals surface area contributed by atoms with Crippen molar-refractivity contribution in [2.75, 3.05) is 13.2 Å². The number of aryl methyl sites for hydroxylation is 1. The van der Waals surface area contributed by atoms with Crippen molar-refractivity contribution in [1.29, 1.82) is 0 Å². The van der Waals surface area contributed by atoms with Crippen LogP contribution < -0.4 is 16.6 Å². The van der Waals surface area contributed by atoms with E-state index in [0.29, 0.717) is 5.56 Å². The van der Waals surface area contributed by atoms with Crippen LogP contribution >= 0.6 is 0 Å². The van der Waals surface area contributed by atoms with Gasteiger partial charge in [-0.2, -0.15) is 0 Å². The minimum Gasteiger partial charge on any atom is -0.449 e. The summed E-state index contributed by atoms with van der Waals surface area (Å²) in [5, 5.41) is 12.5. The number of amides is 1. The lowest BCUT2D eigenvalue weighted by atomic mass is 9.98. The number of aromatic nitrogens is 2. The number of ether oxygens (including phenoxy) is 2. The number of hydrogen-bond donors (Lipinski definition) is 3. The van der Waals surface area contributed by atoms with Crippen molar-refractivity contribution in [1.82, 2.24) is 14.9 Å². The van der Waals surface area contributed by atoms with E-state index in [1.54, 1.807) is 6.92 Å². The molecule has 34 heavy (non-hydrogen) atoms. The summed E-state index contributed by atoms with van der Waals surface area (Å²) in [6.45, 7) is 1.40. The van der Waals surface area contributed by atoms with Crippen LogP contribution in [0.15, 0.2) is 64.3 Å². The fourth-order valence-electron chi connectivity index (χ4n) is 4.81. The SMILES string of the molecule is Cc1cn([C@@H]2C[C@@H](NC(=O)OCC3c4ccccc4-c4ccccc43)[C@H](CO)O2)c(=O)[nH]c1=O. The molecule has 0 bridgehead atoms. The summed E-state index contributed by atoms with van der Waals surface area (Å²) < 4.78 is 12.6. The van der Waals surface area contributed by atoms with Gasteiger partial charge in [0.15, 0.2) is 0 Å². The van der Waals surface area contributed by atoms with Crippen LogP contribution in [0, 0.1) is 6.92 Å². The molecule has 3 N–H and O–H groups in total. The Morgan fingerprint density at radius 2 is 1.79 bits per heavy atom. The van der Waals surface area contributed by atoms with Gasteiger partial charge in [0, 0.05) is 24.1 Å². The van der Waals surface area contributed by atoms with Crippen molar-refractivity contribution in [2.45, 2.75) is 37.6 Å². The van der Waals surface area contributed by atoms with Gasteiger partial charge in [-0.25, -0.2) is 9.59 Å². The molecule has 2 heterocycles. The Kier molecular flexibility index (Phi) is 5.80. The van der Waals surface area contributed by atoms with Crippen LogP contribution in [-0.2, 0) is 9.47 Å². The molecule has 0 spiro atoms. The van der Waals surface area contributed by atoms with Gasteiger partial charge in [-0.3, -0.25) is 14.3 Å². The largest absolute Gasteiger partial charge is 0.449 e. The van der Waals surface area contributed by atoms with Crippen molar-refractivity contribution in [3.8, 4) is 11.1 Å². The highest BCUT2D eigenvalue weighted by molar-refractivity contribution is 5.79. The Bertz CT molecular complexity index is 1300. The summed E-state index contributed by atoms with van der Waals surface area (Å²) in [6, 6.07) is 15.6. The number of nitrogens with zero attached hydrogens (tertiary/aromatic N) is 1. The van der Waals surface area contributed by atoms with Gasteiger partial charge >= 0.3 is 11.8 Å². The number of carbonyl (C=O) groups excluding carboxylic acids is 1. The third-order valence-corrected chi connectivity index (χ3v) is 6.52. The molecular weight excluding hydrogens is 438 g/mol. The standard InChI is InChI=1S/C25H25N3O6/c1-14-11-28(24(31)27-23(14)30)22-10-20(21(12-29)34-22)26-25(32)33-13-19-17-8-4-2-6-15(17)16-7-3-5-9-18(16)19/h2-9,11,19-22,29H,10,12-13H2,1H3,(H,26,32)(H,27,30,31)/t20-,21+,22+/m1/s1. The fourth-order valence-corrected chi connectivity index (χ4v) is 4.81. The molecule has 0 unspecified atom stereocenters. The molecule has 3 atom stereocenters. The number of rotatable bonds is 5. The van der Waals surface area contributed by atoms with Gasteiger partial charge in [0.1, 0.15) is 18.9 Å². The molecule has 1 aromatic heterocycles. The lowest BCUT2D eigenvalue weighted by Gasteiger charge is -2.19. The Labute approximate surface area is 195 Å². The monoisotopic (exact) mass is 463 g/mol. The van der Waals surface area contributed by atoms with Gasteiger partial charge in [0.2, 0.25) is 0 Å². The molecule has 9 heteroatoms. The first-order valence-corrected chi connectivity index (χ1v) is 11.2. The summed E-state index contributed by atoms with van der Waals surface area (Å²) in [6.07, 6.45) is -0.431. The molecule has 1 fully saturated rings. The second-order valence-electron chi connectivity index (χ2n) is 8.60. The van der Waals surface area contributed by atoms with Crippen LogP contribution in [0.1, 0.15) is 35.3 Å². The van der Waals surface area contributed by atoms with Crippen molar-refractivity contribution in [2.24, 2.45) is 0 Å². The Morgan fingerprint density at radius 1 is 1.15 bits per heavy atom. The number of fused-ring (bicyclic) bond motifs is 3. The van der Waals surface area contributed by atoms with Crippen molar-refractivity contribution >= 4 is 6.09 Å². The van der Waals surface area contributed by atoms with E-state index < -0.39 is 35.7 Å². The maximum absolute atomic E-state index is 12.7. The van der Waals surface area contributed by atoms with Gasteiger partial charge in [-0.1, -0.05) is 48.5 Å². The van der Waals surface area contributed by atoms with Gasteiger partial charge in [-0.05, 0) is 29.2 Å². The van der Waals surface area contributed by atoms with E-state index in [0.717, 1.165) is 22.3 Å². The predicted octanol–water partition coefficient (Wildman–Crippen LogP) is 2.03. The number of alkyl carbamates (subject to hydrolysis) is 1. The molecule has 2 aliphatic rings. The maximum Gasteiger partial charge on any atom is 0.407 e. The van der Waals surface area contributed by atoms with E-state index in [-0.39, 0.29) is 25.6 Å². The number of aromatic amines is 1. The van der Waals surface area contributed by atoms with Crippen LogP contribution in [0.3, 0.4) is 0 Å². The molecule has 176 valence electrons. The minimum atomic E-state index is -0.737. The highest BCUT2D eigenvalue weighted by Crippen LogP contribution is 2.44. The Hall–Kier alpha value is -3.69. The maximum atomic E-state index is 12.7. The number of nitrogens with one attached hydrogen (secondary N) is 2. The van der Waals surface area contributed by atoms with Crippen molar-refractivity contribution in [3.63, 3.8) is 0 Å². The zero-order chi connectivity index (χ0) is 23.8. The first-order chi connectivity index (χ1) is 16.5. The molecule has 1 aliphatic carbocycles. The highest BCUT2D eigenvalue weighted by Gasteiger charge is 2.38. The first-order valence-electron chi connectivity index (χ1n) is 11.2. The van der Waals surface area contributed by atoms with Crippen LogP contribution in [0.4, 0.5) is 4.79 Å². The average Bonchev–Trinajstić information content (AvgIpc) is 3.38. The van der Waals surface area contributed by atoms with Crippen LogP contribution in [0.5, 0.6) is 0 Å². The number of carbonyl (C=O) groups is 1. The molecule has 9 nitrogen and oxygen atoms in total. The zero-order valence-electron chi connectivity index (χ0n) is 18.6. The normalized spacial score (nSPS) is 21.2. The number of H-pyrrole nitrogens is 1. The van der Waals surface area contributed by atoms with E-state index in [9.17, 15) is 19.5 Å². The highest BCUT2D eigenvalue weighted by atomic mass is 16.6. The van der Waals surface area contributed by atoms with E-state index in [1.165, 1.54) is 10.8 Å². The molecule has 0 radical (unpaired) electrons. The third kappa shape index (κ3) is 3.93. The molecule has 0 saturated carbocycles. The van der Waals surface area contributed by atoms with Gasteiger partial charge in [0.25, 0.3) is 5.56 Å². The van der Waals surface area contributed by atoms with Crippen molar-refractivity contribution < 1.29 is 19.4 Å². The molecule has 1 saturated heterocycles. The van der Waals surface area contributed by atoms with Crippen LogP contribution in [0.2, 0.25) is 0 Å². The van der Waals surface area contributed by atoms with E-state index >= 15 is 0 Å². The Morgan fingerprint density at radius 3 is 2.44 bits per heavy atom. The molecule has 1 amide bonds. The predicted molar refractivity (Wildman–Crippen MR) is 124 cm³/mol. The second-order valence-corrected chi connectivity index (χ2v) is 8.60. The summed E-state index contributed by atoms with van der Waals surface area (Å²) >= 11 is 0. The zero-order valence-corrected chi connectivity index (χ0v) is 18.6. The van der Waals surface area contributed by atoms with Crippen LogP contribution in [0.25, 0.3) is 11.1 Å². The van der Waals surface area contributed by atoms with Gasteiger partial charge in [-0.15, -0.1) is 0 Å². The van der Waals surface area contributed by atoms with Gasteiger partial charge < -0.3 is 19.9 Å². The molecular formula is C25H25N3O6. The molecule has 1 aliphatic heterocycles. The quantitative estimate of drug-likeness (QED) is 0.532. The molecule has 3 aromatic rings. The summed E-state index contributed by atoms with van der Waals surface area (Å²) in [5.41, 5.74) is 3.79. The number of aliphatic hydroxyl groups is 1. The average molecular weight is 463 g/mol. The second kappa shape index (κ2) is 8.92. The summed E-state index contributed by atoms with van der Waals surface area (Å²) in [4.78, 5) is 38.8. The Balaban J connectivity index is 1.27. The lowest BCUT2D eigenvalue weighted by Crippen LogP contribution is -2.42. The van der Waals surface area contributed by atoms with E-state index in [2.05, 4.69) is 22.4 Å². The number of benzene rings is 2. The van der Waals surface area contributed by atoms with Crippen LogP contribution in [-0.4, -0.2) is 46.1 Å². The molecule has 5 rings (SSSR count). The lowest BCUT2D eigenvalue weighted by molar-refractivity contribution is -0.0290. The minimum absolute atomic E-state index is 0.0675. The van der Waals surface area contributed by atoms with E-state index in [1.807, 2.05) is 36.4 Å².